The third-order valence-electron chi connectivity index (χ3n) is 12.3. The second kappa shape index (κ2) is 8.43. The molecule has 4 N–H and O–H groups in total. The van der Waals surface area contributed by atoms with E-state index in [1.165, 1.54) is 18.6 Å². The van der Waals surface area contributed by atoms with Crippen LogP contribution in [0.3, 0.4) is 0 Å². The predicted molar refractivity (Wildman–Crippen MR) is 138 cm³/mol. The smallest absolute Gasteiger partial charge is 0.331 e. The first kappa shape index (κ1) is 26.9. The fourth-order valence-electron chi connectivity index (χ4n) is 9.38. The summed E-state index contributed by atoms with van der Waals surface area (Å²) in [5, 5.41) is 43.1. The molecular formula is C30H48O5. The van der Waals surface area contributed by atoms with Crippen molar-refractivity contribution < 1.29 is 25.2 Å². The largest absolute Gasteiger partial charge is 0.478 e. The maximum atomic E-state index is 12.5. The standard InChI is InChI=1S/C30H48O5/c1-18(25(33)34)16-20(31)17-19(2)27(5)12-10-21-22-8-9-23-26(3,4)24(32)11-13-29(23,7)30(22,35)15-14-28(21,27)6/h10,16,19-20,22-24,31-32,35H,8-9,11-15,17H2,1-7H3,(H,33,34)/t19-,20?,22+,23?,24?,27-,28+,29+,30-/m1/s1. The average molecular weight is 489 g/mol. The summed E-state index contributed by atoms with van der Waals surface area (Å²) in [4.78, 5) is 11.2. The molecule has 3 saturated carbocycles. The number of aliphatic hydroxyl groups excluding tert-OH is 2. The van der Waals surface area contributed by atoms with Crippen molar-refractivity contribution in [3.05, 3.63) is 23.3 Å². The minimum absolute atomic E-state index is 0.0541. The first-order valence-corrected chi connectivity index (χ1v) is 13.8. The van der Waals surface area contributed by atoms with E-state index < -0.39 is 17.7 Å². The molecule has 0 amide bonds. The molecule has 0 aromatic heterocycles. The molecule has 0 heterocycles. The van der Waals surface area contributed by atoms with E-state index in [4.69, 9.17) is 0 Å². The van der Waals surface area contributed by atoms with E-state index in [0.29, 0.717) is 12.3 Å². The van der Waals surface area contributed by atoms with Crippen molar-refractivity contribution in [2.45, 2.75) is 118 Å². The molecular weight excluding hydrogens is 440 g/mol. The zero-order chi connectivity index (χ0) is 26.2. The molecule has 0 radical (unpaired) electrons. The molecule has 0 bridgehead atoms. The second-order valence-corrected chi connectivity index (χ2v) is 13.9. The molecule has 0 aromatic rings. The van der Waals surface area contributed by atoms with E-state index in [-0.39, 0.29) is 45.2 Å². The van der Waals surface area contributed by atoms with Gasteiger partial charge in [-0.2, -0.15) is 0 Å². The molecule has 5 heteroatoms. The van der Waals surface area contributed by atoms with Crippen LogP contribution in [0.4, 0.5) is 0 Å². The van der Waals surface area contributed by atoms with E-state index in [0.717, 1.165) is 44.9 Å². The van der Waals surface area contributed by atoms with Crippen molar-refractivity contribution in [2.24, 2.45) is 39.4 Å². The fourth-order valence-corrected chi connectivity index (χ4v) is 9.38. The highest BCUT2D eigenvalue weighted by atomic mass is 16.4. The quantitative estimate of drug-likeness (QED) is 0.303. The first-order chi connectivity index (χ1) is 16.0. The molecule has 5 nitrogen and oxygen atoms in total. The second-order valence-electron chi connectivity index (χ2n) is 13.9. The first-order valence-electron chi connectivity index (χ1n) is 13.8. The van der Waals surface area contributed by atoms with Gasteiger partial charge >= 0.3 is 5.97 Å². The van der Waals surface area contributed by atoms with Gasteiger partial charge in [0.05, 0.1) is 17.8 Å². The van der Waals surface area contributed by atoms with Gasteiger partial charge in [0.15, 0.2) is 0 Å². The van der Waals surface area contributed by atoms with Gasteiger partial charge in [-0.05, 0) is 92.4 Å². The van der Waals surface area contributed by atoms with Crippen molar-refractivity contribution >= 4 is 5.97 Å². The number of carbonyl (C=O) groups is 1. The van der Waals surface area contributed by atoms with Gasteiger partial charge in [0.2, 0.25) is 0 Å². The minimum atomic E-state index is -0.992. The Kier molecular flexibility index (Phi) is 6.47. The minimum Gasteiger partial charge on any atom is -0.478 e. The lowest BCUT2D eigenvalue weighted by Gasteiger charge is -2.68. The lowest BCUT2D eigenvalue weighted by Crippen LogP contribution is -2.67. The van der Waals surface area contributed by atoms with Crippen LogP contribution in [-0.4, -0.2) is 44.2 Å². The summed E-state index contributed by atoms with van der Waals surface area (Å²) in [5.74, 6) is -0.359. The number of aliphatic hydroxyl groups is 3. The summed E-state index contributed by atoms with van der Waals surface area (Å²) in [6.45, 7) is 15.1. The van der Waals surface area contributed by atoms with Crippen LogP contribution in [0, 0.1) is 39.4 Å². The van der Waals surface area contributed by atoms with Crippen LogP contribution < -0.4 is 0 Å². The van der Waals surface area contributed by atoms with E-state index >= 15 is 0 Å². The van der Waals surface area contributed by atoms with Gasteiger partial charge in [-0.3, -0.25) is 0 Å². The Balaban J connectivity index is 1.61. The molecule has 4 rings (SSSR count). The topological polar surface area (TPSA) is 98.0 Å². The Labute approximate surface area is 211 Å². The number of aliphatic carboxylic acids is 1. The van der Waals surface area contributed by atoms with Crippen LogP contribution in [0.1, 0.15) is 99.8 Å². The van der Waals surface area contributed by atoms with Crippen molar-refractivity contribution in [3.63, 3.8) is 0 Å². The van der Waals surface area contributed by atoms with Crippen LogP contribution in [-0.2, 0) is 4.79 Å². The van der Waals surface area contributed by atoms with Crippen molar-refractivity contribution in [3.8, 4) is 0 Å². The highest BCUT2D eigenvalue weighted by molar-refractivity contribution is 5.85. The Hall–Kier alpha value is -1.17. The van der Waals surface area contributed by atoms with Gasteiger partial charge in [0.1, 0.15) is 0 Å². The summed E-state index contributed by atoms with van der Waals surface area (Å²) in [5.41, 5.74) is 0.320. The van der Waals surface area contributed by atoms with Gasteiger partial charge < -0.3 is 20.4 Å². The lowest BCUT2D eigenvalue weighted by molar-refractivity contribution is -0.243. The molecule has 0 saturated heterocycles. The maximum Gasteiger partial charge on any atom is 0.331 e. The summed E-state index contributed by atoms with van der Waals surface area (Å²) < 4.78 is 0. The van der Waals surface area contributed by atoms with Gasteiger partial charge in [-0.15, -0.1) is 0 Å². The van der Waals surface area contributed by atoms with Crippen LogP contribution in [0.15, 0.2) is 23.3 Å². The van der Waals surface area contributed by atoms with Crippen LogP contribution in [0.2, 0.25) is 0 Å². The highest BCUT2D eigenvalue weighted by Crippen LogP contribution is 2.72. The summed E-state index contributed by atoms with van der Waals surface area (Å²) in [6.07, 6.45) is 9.53. The fraction of sp³-hybridized carbons (Fsp3) is 0.833. The van der Waals surface area contributed by atoms with Crippen molar-refractivity contribution in [1.29, 1.82) is 0 Å². The zero-order valence-electron chi connectivity index (χ0n) is 22.9. The van der Waals surface area contributed by atoms with Gasteiger partial charge in [0, 0.05) is 16.9 Å². The van der Waals surface area contributed by atoms with E-state index in [9.17, 15) is 25.2 Å². The molecule has 0 spiro atoms. The van der Waals surface area contributed by atoms with Crippen LogP contribution in [0.25, 0.3) is 0 Å². The van der Waals surface area contributed by atoms with Gasteiger partial charge in [-0.1, -0.05) is 53.2 Å². The summed E-state index contributed by atoms with van der Waals surface area (Å²) >= 11 is 0. The predicted octanol–water partition coefficient (Wildman–Crippen LogP) is 5.49. The third-order valence-corrected chi connectivity index (χ3v) is 12.3. The molecule has 0 aliphatic heterocycles. The molecule has 3 fully saturated rings. The number of rotatable bonds is 5. The number of carboxylic acid groups (broad SMARTS) is 1. The molecule has 9 atom stereocenters. The van der Waals surface area contributed by atoms with E-state index in [2.05, 4.69) is 47.6 Å². The van der Waals surface area contributed by atoms with Crippen LogP contribution >= 0.6 is 0 Å². The highest BCUT2D eigenvalue weighted by Gasteiger charge is 2.69. The number of fused-ring (bicyclic) bond motifs is 5. The zero-order valence-corrected chi connectivity index (χ0v) is 22.9. The van der Waals surface area contributed by atoms with Crippen LogP contribution in [0.5, 0.6) is 0 Å². The Bertz CT molecular complexity index is 935. The van der Waals surface area contributed by atoms with Gasteiger partial charge in [-0.25, -0.2) is 4.79 Å². The average Bonchev–Trinajstić information content (AvgIpc) is 3.04. The normalized spacial score (nSPS) is 46.6. The van der Waals surface area contributed by atoms with E-state index in [1.54, 1.807) is 0 Å². The van der Waals surface area contributed by atoms with Crippen molar-refractivity contribution in [2.75, 3.05) is 0 Å². The molecule has 0 aromatic carbocycles. The summed E-state index contributed by atoms with van der Waals surface area (Å²) in [7, 11) is 0. The molecule has 4 aliphatic rings. The Morgan fingerprint density at radius 3 is 2.40 bits per heavy atom. The summed E-state index contributed by atoms with van der Waals surface area (Å²) in [6, 6.07) is 0. The molecule has 198 valence electrons. The number of hydrogen-bond donors (Lipinski definition) is 4. The molecule has 4 aliphatic carbocycles. The Morgan fingerprint density at radius 1 is 1.11 bits per heavy atom. The monoisotopic (exact) mass is 488 g/mol. The number of hydrogen-bond acceptors (Lipinski definition) is 4. The maximum absolute atomic E-state index is 12.5. The van der Waals surface area contributed by atoms with Crippen molar-refractivity contribution in [1.82, 2.24) is 0 Å². The third kappa shape index (κ3) is 3.62. The lowest BCUT2D eigenvalue weighted by atomic mass is 9.39. The molecule has 3 unspecified atom stereocenters. The van der Waals surface area contributed by atoms with E-state index in [1.807, 2.05) is 0 Å². The SMILES string of the molecule is CC(=CC(O)C[C@@H](C)[C@@]1(C)CC=C2[C@@H]3CCC4C(C)(C)C(O)CC[C@]4(C)[C@@]3(O)CC[C@@]21C)C(=O)O. The Morgan fingerprint density at radius 2 is 1.77 bits per heavy atom. The van der Waals surface area contributed by atoms with Gasteiger partial charge in [0.25, 0.3) is 0 Å². The number of allylic oxidation sites excluding steroid dienone is 1. The number of carboxylic acids is 1. The molecule has 35 heavy (non-hydrogen) atoms.